The maximum Gasteiger partial charge on any atom is 0.339 e. The molecule has 2 heterocycles. The number of rotatable bonds is 3. The Hall–Kier alpha value is -2.34. The van der Waals surface area contributed by atoms with Gasteiger partial charge < -0.3 is 19.2 Å². The van der Waals surface area contributed by atoms with E-state index in [-0.39, 0.29) is 24.1 Å². The van der Waals surface area contributed by atoms with Crippen LogP contribution in [0.5, 0.6) is 5.75 Å². The lowest BCUT2D eigenvalue weighted by atomic mass is 9.71. The third-order valence-corrected chi connectivity index (χ3v) is 7.09. The van der Waals surface area contributed by atoms with Crippen molar-refractivity contribution in [2.75, 3.05) is 19.7 Å². The van der Waals surface area contributed by atoms with E-state index in [2.05, 4.69) is 0 Å². The maximum atomic E-state index is 12.7. The van der Waals surface area contributed by atoms with Crippen LogP contribution >= 0.6 is 0 Å². The highest BCUT2D eigenvalue weighted by atomic mass is 16.5. The number of carbonyl (C=O) groups excluding carboxylic acids is 1. The van der Waals surface area contributed by atoms with E-state index in [1.807, 2.05) is 17.0 Å². The Bertz CT molecular complexity index is 1010. The van der Waals surface area contributed by atoms with Crippen molar-refractivity contribution >= 4 is 16.9 Å². The summed E-state index contributed by atoms with van der Waals surface area (Å²) in [4.78, 5) is 26.6. The molecule has 1 aromatic carbocycles. The second-order valence-corrected chi connectivity index (χ2v) is 8.78. The minimum atomic E-state index is -0.591. The van der Waals surface area contributed by atoms with Gasteiger partial charge in [-0.05, 0) is 56.2 Å². The predicted octanol–water partition coefficient (Wildman–Crippen LogP) is 2.81. The molecular formula is C23H27NO5. The Morgan fingerprint density at radius 2 is 2.07 bits per heavy atom. The van der Waals surface area contributed by atoms with Crippen molar-refractivity contribution < 1.29 is 19.1 Å². The van der Waals surface area contributed by atoms with Crippen LogP contribution in [0.4, 0.5) is 0 Å². The molecule has 2 aromatic rings. The normalized spacial score (nSPS) is 26.2. The fourth-order valence-electron chi connectivity index (χ4n) is 5.39. The van der Waals surface area contributed by atoms with Crippen molar-refractivity contribution in [1.29, 1.82) is 0 Å². The number of aryl methyl sites for hydroxylation is 1. The first-order valence-corrected chi connectivity index (χ1v) is 10.7. The van der Waals surface area contributed by atoms with Gasteiger partial charge in [0, 0.05) is 36.0 Å². The zero-order valence-electron chi connectivity index (χ0n) is 16.6. The zero-order valence-corrected chi connectivity index (χ0v) is 16.6. The summed E-state index contributed by atoms with van der Waals surface area (Å²) >= 11 is 0. The molecule has 3 aliphatic rings. The first kappa shape index (κ1) is 18.7. The highest BCUT2D eigenvalue weighted by Crippen LogP contribution is 2.39. The van der Waals surface area contributed by atoms with Crippen molar-refractivity contribution in [2.24, 2.45) is 5.92 Å². The lowest BCUT2D eigenvalue weighted by Gasteiger charge is -2.47. The molecule has 2 fully saturated rings. The summed E-state index contributed by atoms with van der Waals surface area (Å²) in [6.07, 6.45) is 7.35. The quantitative estimate of drug-likeness (QED) is 0.806. The van der Waals surface area contributed by atoms with Crippen molar-refractivity contribution in [3.8, 4) is 5.75 Å². The van der Waals surface area contributed by atoms with Crippen molar-refractivity contribution in [2.45, 2.75) is 57.0 Å². The van der Waals surface area contributed by atoms with Gasteiger partial charge in [-0.1, -0.05) is 12.8 Å². The van der Waals surface area contributed by atoms with E-state index in [4.69, 9.17) is 9.15 Å². The monoisotopic (exact) mass is 397 g/mol. The molecule has 2 atom stereocenters. The summed E-state index contributed by atoms with van der Waals surface area (Å²) < 4.78 is 11.2. The molecule has 0 radical (unpaired) electrons. The van der Waals surface area contributed by atoms with Gasteiger partial charge in [-0.2, -0.15) is 0 Å². The maximum absolute atomic E-state index is 12.7. The summed E-state index contributed by atoms with van der Waals surface area (Å²) in [6, 6.07) is 5.47. The van der Waals surface area contributed by atoms with Crippen LogP contribution in [0, 0.1) is 5.92 Å². The molecule has 5 rings (SSSR count). The molecule has 29 heavy (non-hydrogen) atoms. The Morgan fingerprint density at radius 3 is 2.97 bits per heavy atom. The van der Waals surface area contributed by atoms with E-state index in [9.17, 15) is 14.7 Å². The SMILES string of the molecule is O=C(COc1ccc2c3c(c(=O)oc2c1)CCC3)N1CCC2(O)CCCCC2C1. The number of nitrogens with zero attached hydrogens (tertiary/aromatic N) is 1. The number of carbonyl (C=O) groups is 1. The summed E-state index contributed by atoms with van der Waals surface area (Å²) in [5, 5.41) is 11.7. The molecule has 6 heteroatoms. The number of aliphatic hydroxyl groups is 1. The molecular weight excluding hydrogens is 370 g/mol. The first-order valence-electron chi connectivity index (χ1n) is 10.7. The van der Waals surface area contributed by atoms with Gasteiger partial charge in [0.2, 0.25) is 0 Å². The number of hydrogen-bond donors (Lipinski definition) is 1. The van der Waals surface area contributed by atoms with Gasteiger partial charge in [0.05, 0.1) is 5.60 Å². The van der Waals surface area contributed by atoms with Crippen LogP contribution in [0.2, 0.25) is 0 Å². The summed E-state index contributed by atoms with van der Waals surface area (Å²) in [6.45, 7) is 1.14. The predicted molar refractivity (Wildman–Crippen MR) is 108 cm³/mol. The van der Waals surface area contributed by atoms with Gasteiger partial charge in [0.25, 0.3) is 5.91 Å². The number of piperidine rings is 1. The van der Waals surface area contributed by atoms with Crippen LogP contribution in [0.3, 0.4) is 0 Å². The number of benzene rings is 1. The van der Waals surface area contributed by atoms with E-state index in [0.717, 1.165) is 61.5 Å². The lowest BCUT2D eigenvalue weighted by molar-refractivity contribution is -0.145. The summed E-state index contributed by atoms with van der Waals surface area (Å²) in [7, 11) is 0. The van der Waals surface area contributed by atoms with Crippen molar-refractivity contribution in [1.82, 2.24) is 4.90 Å². The number of hydrogen-bond acceptors (Lipinski definition) is 5. The molecule has 1 amide bonds. The Kier molecular flexibility index (Phi) is 4.62. The minimum Gasteiger partial charge on any atom is -0.484 e. The molecule has 2 aliphatic carbocycles. The molecule has 1 N–H and O–H groups in total. The third-order valence-electron chi connectivity index (χ3n) is 7.09. The largest absolute Gasteiger partial charge is 0.484 e. The zero-order chi connectivity index (χ0) is 20.0. The second kappa shape index (κ2) is 7.17. The van der Waals surface area contributed by atoms with E-state index in [1.165, 1.54) is 0 Å². The van der Waals surface area contributed by atoms with Crippen LogP contribution in [-0.2, 0) is 17.6 Å². The van der Waals surface area contributed by atoms with E-state index < -0.39 is 5.60 Å². The average molecular weight is 397 g/mol. The molecule has 6 nitrogen and oxygen atoms in total. The van der Waals surface area contributed by atoms with Crippen LogP contribution in [-0.4, -0.2) is 41.2 Å². The van der Waals surface area contributed by atoms with E-state index in [0.29, 0.717) is 30.8 Å². The number of ether oxygens (including phenoxy) is 1. The number of amides is 1. The molecule has 1 saturated carbocycles. The van der Waals surface area contributed by atoms with E-state index in [1.54, 1.807) is 6.07 Å². The first-order chi connectivity index (χ1) is 14.0. The fraction of sp³-hybridized carbons (Fsp3) is 0.565. The summed E-state index contributed by atoms with van der Waals surface area (Å²) in [5.41, 5.74) is 1.56. The molecule has 1 aromatic heterocycles. The van der Waals surface area contributed by atoms with Crippen LogP contribution < -0.4 is 10.4 Å². The summed E-state index contributed by atoms with van der Waals surface area (Å²) in [5.74, 6) is 0.636. The fourth-order valence-corrected chi connectivity index (χ4v) is 5.39. The number of fused-ring (bicyclic) bond motifs is 4. The topological polar surface area (TPSA) is 80.0 Å². The Labute approximate surface area is 169 Å². The third kappa shape index (κ3) is 3.33. The van der Waals surface area contributed by atoms with Gasteiger partial charge in [-0.3, -0.25) is 4.79 Å². The van der Waals surface area contributed by atoms with Gasteiger partial charge >= 0.3 is 5.63 Å². The van der Waals surface area contributed by atoms with Crippen molar-refractivity contribution in [3.05, 3.63) is 39.7 Å². The molecule has 2 unspecified atom stereocenters. The smallest absolute Gasteiger partial charge is 0.339 e. The van der Waals surface area contributed by atoms with Gasteiger partial charge in [0.15, 0.2) is 6.61 Å². The molecule has 0 spiro atoms. The molecule has 0 bridgehead atoms. The molecule has 154 valence electrons. The van der Waals surface area contributed by atoms with Crippen LogP contribution in [0.15, 0.2) is 27.4 Å². The molecule has 1 saturated heterocycles. The van der Waals surface area contributed by atoms with E-state index >= 15 is 0 Å². The highest BCUT2D eigenvalue weighted by Gasteiger charge is 2.43. The minimum absolute atomic E-state index is 0.0498. The van der Waals surface area contributed by atoms with Gasteiger partial charge in [0.1, 0.15) is 11.3 Å². The van der Waals surface area contributed by atoms with Gasteiger partial charge in [-0.25, -0.2) is 4.79 Å². The van der Waals surface area contributed by atoms with Crippen molar-refractivity contribution in [3.63, 3.8) is 0 Å². The standard InChI is InChI=1S/C23H27NO5/c25-21(24-11-10-23(27)9-2-1-4-15(23)13-24)14-28-16-7-8-18-17-5-3-6-19(17)22(26)29-20(18)12-16/h7-8,12,15,27H,1-6,9-11,13-14H2. The van der Waals surface area contributed by atoms with Crippen LogP contribution in [0.1, 0.15) is 49.7 Å². The Morgan fingerprint density at radius 1 is 1.21 bits per heavy atom. The highest BCUT2D eigenvalue weighted by molar-refractivity contribution is 5.83. The average Bonchev–Trinajstić information content (AvgIpc) is 3.22. The Balaban J connectivity index is 1.26. The van der Waals surface area contributed by atoms with Gasteiger partial charge in [-0.15, -0.1) is 0 Å². The lowest BCUT2D eigenvalue weighted by Crippen LogP contribution is -2.55. The number of likely N-dealkylation sites (tertiary alicyclic amines) is 1. The molecule has 1 aliphatic heterocycles. The second-order valence-electron chi connectivity index (χ2n) is 8.78. The van der Waals surface area contributed by atoms with Crippen LogP contribution in [0.25, 0.3) is 11.0 Å².